The second kappa shape index (κ2) is 15.3. The predicted molar refractivity (Wildman–Crippen MR) is 115 cm³/mol. The molecule has 0 bridgehead atoms. The molecule has 1 atom stereocenters. The van der Waals surface area contributed by atoms with E-state index < -0.39 is 10.4 Å². The van der Waals surface area contributed by atoms with Gasteiger partial charge in [-0.25, -0.2) is 4.79 Å². The smallest absolute Gasteiger partial charge is 0.394 e. The lowest BCUT2D eigenvalue weighted by Crippen LogP contribution is -2.33. The van der Waals surface area contributed by atoms with E-state index in [-0.39, 0.29) is 12.1 Å². The zero-order valence-electron chi connectivity index (χ0n) is 18.0. The fourth-order valence-electron chi connectivity index (χ4n) is 2.88. The molecule has 1 rings (SSSR count). The quantitative estimate of drug-likeness (QED) is 0.194. The maximum Gasteiger partial charge on any atom is 0.394 e. The SMILES string of the molecule is C=C(C)C(=O)OC(C)CN1C=CN(CCCCCCCCCC)C1.O=S(=O)(O)O. The van der Waals surface area contributed by atoms with Crippen LogP contribution in [-0.4, -0.2) is 59.2 Å². The molecule has 0 aliphatic carbocycles. The van der Waals surface area contributed by atoms with Crippen LogP contribution in [0.2, 0.25) is 0 Å². The van der Waals surface area contributed by atoms with Gasteiger partial charge in [-0.15, -0.1) is 0 Å². The van der Waals surface area contributed by atoms with Crippen molar-refractivity contribution in [2.24, 2.45) is 0 Å². The molecule has 0 radical (unpaired) electrons. The van der Waals surface area contributed by atoms with Crippen molar-refractivity contribution >= 4 is 16.4 Å². The van der Waals surface area contributed by atoms with Crippen molar-refractivity contribution in [2.75, 3.05) is 19.8 Å². The van der Waals surface area contributed by atoms with Gasteiger partial charge >= 0.3 is 16.4 Å². The van der Waals surface area contributed by atoms with Crippen molar-refractivity contribution in [3.8, 4) is 0 Å². The maximum absolute atomic E-state index is 11.5. The summed E-state index contributed by atoms with van der Waals surface area (Å²) in [4.78, 5) is 16.0. The molecule has 0 saturated heterocycles. The van der Waals surface area contributed by atoms with Crippen LogP contribution in [-0.2, 0) is 19.9 Å². The van der Waals surface area contributed by atoms with E-state index in [1.165, 1.54) is 51.4 Å². The Balaban J connectivity index is 0.00000139. The summed E-state index contributed by atoms with van der Waals surface area (Å²) >= 11 is 0. The normalized spacial score (nSPS) is 14.4. The van der Waals surface area contributed by atoms with Crippen molar-refractivity contribution in [1.82, 2.24) is 9.80 Å². The van der Waals surface area contributed by atoms with Crippen molar-refractivity contribution in [1.29, 1.82) is 0 Å². The lowest BCUT2D eigenvalue weighted by molar-refractivity contribution is -0.143. The Morgan fingerprint density at radius 1 is 1.07 bits per heavy atom. The Morgan fingerprint density at radius 2 is 1.55 bits per heavy atom. The van der Waals surface area contributed by atoms with Gasteiger partial charge in [-0.1, -0.05) is 58.4 Å². The van der Waals surface area contributed by atoms with Crippen LogP contribution in [0.25, 0.3) is 0 Å². The molecule has 0 spiro atoms. The fourth-order valence-corrected chi connectivity index (χ4v) is 2.88. The third-order valence-electron chi connectivity index (χ3n) is 4.30. The van der Waals surface area contributed by atoms with Crippen LogP contribution in [0.4, 0.5) is 0 Å². The number of ether oxygens (including phenoxy) is 1. The minimum atomic E-state index is -4.67. The van der Waals surface area contributed by atoms with E-state index >= 15 is 0 Å². The summed E-state index contributed by atoms with van der Waals surface area (Å²) in [6, 6.07) is 0. The Kier molecular flexibility index (Phi) is 14.5. The molecular formula is C20H38N2O6S. The van der Waals surface area contributed by atoms with Crippen molar-refractivity contribution < 1.29 is 27.1 Å². The van der Waals surface area contributed by atoms with E-state index in [9.17, 15) is 4.79 Å². The Labute approximate surface area is 176 Å². The van der Waals surface area contributed by atoms with E-state index in [1.807, 2.05) is 6.92 Å². The van der Waals surface area contributed by atoms with E-state index in [2.05, 4.69) is 35.7 Å². The van der Waals surface area contributed by atoms with Gasteiger partial charge in [0.15, 0.2) is 0 Å². The first kappa shape index (κ1) is 27.4. The standard InChI is InChI=1S/C20H36N2O2.H2O4S/c1-5-6-7-8-9-10-11-12-13-21-14-15-22(17-21)16-19(4)24-20(23)18(2)3;1-5(2,3)4/h14-15,19H,2,5-13,16-17H2,1,3-4H3;(H2,1,2,3,4). The first-order valence-corrected chi connectivity index (χ1v) is 11.7. The van der Waals surface area contributed by atoms with Crippen molar-refractivity contribution in [2.45, 2.75) is 78.2 Å². The van der Waals surface area contributed by atoms with Crippen LogP contribution in [0.5, 0.6) is 0 Å². The molecule has 0 aromatic rings. The monoisotopic (exact) mass is 434 g/mol. The molecule has 8 nitrogen and oxygen atoms in total. The highest BCUT2D eigenvalue weighted by atomic mass is 32.3. The number of rotatable bonds is 13. The van der Waals surface area contributed by atoms with E-state index in [1.54, 1.807) is 6.92 Å². The molecule has 1 aliphatic heterocycles. The van der Waals surface area contributed by atoms with Gasteiger partial charge in [-0.2, -0.15) is 8.42 Å². The average Bonchev–Trinajstić information content (AvgIpc) is 3.02. The molecule has 1 heterocycles. The zero-order chi connectivity index (χ0) is 22.3. The number of esters is 1. The number of unbranched alkanes of at least 4 members (excludes halogenated alkanes) is 7. The summed E-state index contributed by atoms with van der Waals surface area (Å²) < 4.78 is 36.9. The molecule has 170 valence electrons. The summed E-state index contributed by atoms with van der Waals surface area (Å²) in [6.45, 7) is 12.2. The lowest BCUT2D eigenvalue weighted by Gasteiger charge is -2.24. The summed E-state index contributed by atoms with van der Waals surface area (Å²) in [7, 11) is -4.67. The summed E-state index contributed by atoms with van der Waals surface area (Å²) in [5.74, 6) is -0.304. The van der Waals surface area contributed by atoms with Crippen molar-refractivity contribution in [3.05, 3.63) is 24.6 Å². The molecule has 29 heavy (non-hydrogen) atoms. The molecular weight excluding hydrogens is 396 g/mol. The minimum absolute atomic E-state index is 0.123. The number of nitrogens with zero attached hydrogens (tertiary/aromatic N) is 2. The van der Waals surface area contributed by atoms with E-state index in [0.717, 1.165) is 19.8 Å². The average molecular weight is 435 g/mol. The van der Waals surface area contributed by atoms with Crippen LogP contribution in [0.3, 0.4) is 0 Å². The predicted octanol–water partition coefficient (Wildman–Crippen LogP) is 4.03. The first-order valence-electron chi connectivity index (χ1n) is 10.3. The summed E-state index contributed by atoms with van der Waals surface area (Å²) in [5, 5.41) is 0. The second-order valence-electron chi connectivity index (χ2n) is 7.44. The highest BCUT2D eigenvalue weighted by Gasteiger charge is 2.17. The molecule has 1 unspecified atom stereocenters. The molecule has 1 aliphatic rings. The van der Waals surface area contributed by atoms with Crippen molar-refractivity contribution in [3.63, 3.8) is 0 Å². The first-order chi connectivity index (χ1) is 13.5. The Morgan fingerprint density at radius 3 is 2.07 bits per heavy atom. The van der Waals surface area contributed by atoms with Crippen LogP contribution in [0, 0.1) is 0 Å². The molecule has 0 aromatic carbocycles. The third kappa shape index (κ3) is 18.2. The second-order valence-corrected chi connectivity index (χ2v) is 8.34. The van der Waals surface area contributed by atoms with Gasteiger partial charge in [0.05, 0.1) is 13.2 Å². The molecule has 0 saturated carbocycles. The Bertz CT molecular complexity index is 598. The highest BCUT2D eigenvalue weighted by Crippen LogP contribution is 2.12. The summed E-state index contributed by atoms with van der Waals surface area (Å²) in [5.41, 5.74) is 0.454. The highest BCUT2D eigenvalue weighted by molar-refractivity contribution is 7.79. The van der Waals surface area contributed by atoms with Crippen LogP contribution in [0.1, 0.15) is 72.1 Å². The fraction of sp³-hybridized carbons (Fsp3) is 0.750. The number of hydrogen-bond acceptors (Lipinski definition) is 6. The molecule has 9 heteroatoms. The van der Waals surface area contributed by atoms with Crippen LogP contribution < -0.4 is 0 Å². The van der Waals surface area contributed by atoms with Gasteiger partial charge in [0.25, 0.3) is 0 Å². The largest absolute Gasteiger partial charge is 0.457 e. The summed E-state index contributed by atoms with van der Waals surface area (Å²) in [6.07, 6.45) is 14.9. The maximum atomic E-state index is 11.5. The van der Waals surface area contributed by atoms with E-state index in [4.69, 9.17) is 22.3 Å². The zero-order valence-corrected chi connectivity index (χ0v) is 18.9. The van der Waals surface area contributed by atoms with E-state index in [0.29, 0.717) is 5.57 Å². The lowest BCUT2D eigenvalue weighted by atomic mass is 10.1. The van der Waals surface area contributed by atoms with Gasteiger partial charge in [-0.3, -0.25) is 9.11 Å². The number of carbonyl (C=O) groups is 1. The van der Waals surface area contributed by atoms with Gasteiger partial charge in [0.1, 0.15) is 6.10 Å². The third-order valence-corrected chi connectivity index (χ3v) is 4.30. The topological polar surface area (TPSA) is 107 Å². The van der Waals surface area contributed by atoms with Crippen LogP contribution in [0.15, 0.2) is 24.6 Å². The molecule has 0 amide bonds. The van der Waals surface area contributed by atoms with Gasteiger partial charge in [0.2, 0.25) is 0 Å². The Hall–Kier alpha value is -1.58. The van der Waals surface area contributed by atoms with Gasteiger partial charge in [0, 0.05) is 24.5 Å². The molecule has 0 fully saturated rings. The van der Waals surface area contributed by atoms with Gasteiger partial charge < -0.3 is 14.5 Å². The van der Waals surface area contributed by atoms with Gasteiger partial charge in [-0.05, 0) is 20.3 Å². The molecule has 0 aromatic heterocycles. The number of hydrogen-bond donors (Lipinski definition) is 2. The molecule has 2 N–H and O–H groups in total. The van der Waals surface area contributed by atoms with Crippen LogP contribution >= 0.6 is 0 Å². The minimum Gasteiger partial charge on any atom is -0.457 e. The number of carbonyl (C=O) groups excluding carboxylic acids is 1.